The number of hydrogen-bond acceptors (Lipinski definition) is 3. The third-order valence-electron chi connectivity index (χ3n) is 2.79. The molecule has 0 N–H and O–H groups in total. The molecule has 1 aromatic carbocycles. The van der Waals surface area contributed by atoms with Crippen LogP contribution in [0.2, 0.25) is 0 Å². The van der Waals surface area contributed by atoms with E-state index in [1.807, 2.05) is 0 Å². The van der Waals surface area contributed by atoms with Crippen LogP contribution in [0, 0.1) is 5.82 Å². The van der Waals surface area contributed by atoms with Crippen LogP contribution in [-0.4, -0.2) is 25.5 Å². The van der Waals surface area contributed by atoms with E-state index in [-0.39, 0.29) is 17.2 Å². The van der Waals surface area contributed by atoms with Gasteiger partial charge in [0.15, 0.2) is 5.82 Å². The van der Waals surface area contributed by atoms with Gasteiger partial charge in [0.25, 0.3) is 0 Å². The first-order valence-corrected chi connectivity index (χ1v) is 6.21. The van der Waals surface area contributed by atoms with E-state index in [0.29, 0.717) is 23.9 Å². The third kappa shape index (κ3) is 2.25. The molecule has 18 heavy (non-hydrogen) atoms. The molecule has 0 unspecified atom stereocenters. The van der Waals surface area contributed by atoms with Crippen molar-refractivity contribution in [1.29, 1.82) is 0 Å². The molecule has 1 aliphatic heterocycles. The molecule has 0 bridgehead atoms. The molecule has 0 spiro atoms. The van der Waals surface area contributed by atoms with Crippen molar-refractivity contribution in [3.63, 3.8) is 0 Å². The lowest BCUT2D eigenvalue weighted by Gasteiger charge is -2.18. The van der Waals surface area contributed by atoms with Crippen molar-refractivity contribution in [3.8, 4) is 0 Å². The highest BCUT2D eigenvalue weighted by Gasteiger charge is 2.27. The maximum absolute atomic E-state index is 14.2. The Hall–Kier alpha value is -1.43. The van der Waals surface area contributed by atoms with Crippen molar-refractivity contribution in [2.24, 2.45) is 0 Å². The van der Waals surface area contributed by atoms with Gasteiger partial charge in [-0.25, -0.2) is 9.18 Å². The van der Waals surface area contributed by atoms with E-state index >= 15 is 0 Å². The number of methoxy groups -OCH3 is 1. The summed E-state index contributed by atoms with van der Waals surface area (Å²) >= 11 is 3.20. The molecule has 1 aliphatic rings. The van der Waals surface area contributed by atoms with Gasteiger partial charge in [0.2, 0.25) is 5.91 Å². The second kappa shape index (κ2) is 5.06. The van der Waals surface area contributed by atoms with Crippen molar-refractivity contribution in [3.05, 3.63) is 28.0 Å². The van der Waals surface area contributed by atoms with E-state index in [1.54, 1.807) is 0 Å². The lowest BCUT2D eigenvalue weighted by Crippen LogP contribution is -2.25. The Bertz CT molecular complexity index is 518. The first-order valence-electron chi connectivity index (χ1n) is 5.42. The minimum absolute atomic E-state index is 0.118. The summed E-state index contributed by atoms with van der Waals surface area (Å²) in [6, 6.07) is 2.83. The molecule has 1 heterocycles. The smallest absolute Gasteiger partial charge is 0.340 e. The van der Waals surface area contributed by atoms with Gasteiger partial charge >= 0.3 is 5.97 Å². The molecule has 4 nitrogen and oxygen atoms in total. The summed E-state index contributed by atoms with van der Waals surface area (Å²) in [6.45, 7) is 0.465. The van der Waals surface area contributed by atoms with Crippen LogP contribution in [0.3, 0.4) is 0 Å². The van der Waals surface area contributed by atoms with Crippen LogP contribution in [0.1, 0.15) is 23.2 Å². The molecular formula is C12H11BrFNO3. The Kier molecular flexibility index (Phi) is 3.65. The summed E-state index contributed by atoms with van der Waals surface area (Å²) in [7, 11) is 1.18. The largest absolute Gasteiger partial charge is 0.465 e. The summed E-state index contributed by atoms with van der Waals surface area (Å²) in [5.41, 5.74) is -0.0612. The maximum Gasteiger partial charge on any atom is 0.340 e. The number of carbonyl (C=O) groups is 2. The molecule has 1 fully saturated rings. The Morgan fingerprint density at radius 2 is 2.22 bits per heavy atom. The van der Waals surface area contributed by atoms with Gasteiger partial charge in [0.1, 0.15) is 0 Å². The van der Waals surface area contributed by atoms with Crippen molar-refractivity contribution < 1.29 is 18.7 Å². The lowest BCUT2D eigenvalue weighted by atomic mass is 10.1. The SMILES string of the molecule is COC(=O)c1cc(Br)cc(N2CCCC2=O)c1F. The first kappa shape index (κ1) is 13.0. The molecule has 1 amide bonds. The first-order chi connectivity index (χ1) is 8.54. The van der Waals surface area contributed by atoms with Gasteiger partial charge in [-0.05, 0) is 18.6 Å². The predicted molar refractivity (Wildman–Crippen MR) is 67.0 cm³/mol. The fourth-order valence-electron chi connectivity index (χ4n) is 1.93. The van der Waals surface area contributed by atoms with E-state index in [1.165, 1.54) is 24.1 Å². The highest BCUT2D eigenvalue weighted by atomic mass is 79.9. The summed E-state index contributed by atoms with van der Waals surface area (Å²) in [4.78, 5) is 24.4. The Morgan fingerprint density at radius 1 is 1.50 bits per heavy atom. The Balaban J connectivity index is 2.51. The summed E-state index contributed by atoms with van der Waals surface area (Å²) in [5, 5.41) is 0. The van der Waals surface area contributed by atoms with Crippen molar-refractivity contribution in [1.82, 2.24) is 0 Å². The topological polar surface area (TPSA) is 46.6 Å². The number of amides is 1. The molecule has 0 aromatic heterocycles. The third-order valence-corrected chi connectivity index (χ3v) is 3.25. The zero-order valence-electron chi connectivity index (χ0n) is 9.70. The average Bonchev–Trinajstić information content (AvgIpc) is 2.77. The standard InChI is InChI=1S/C12H11BrFNO3/c1-18-12(17)8-5-7(13)6-9(11(8)14)15-4-2-3-10(15)16/h5-6H,2-4H2,1H3. The van der Waals surface area contributed by atoms with Gasteiger partial charge in [-0.3, -0.25) is 4.79 Å². The fraction of sp³-hybridized carbons (Fsp3) is 0.333. The molecule has 2 rings (SSSR count). The van der Waals surface area contributed by atoms with Crippen molar-refractivity contribution >= 4 is 33.5 Å². The number of ether oxygens (including phenoxy) is 1. The van der Waals surface area contributed by atoms with Gasteiger partial charge in [-0.2, -0.15) is 0 Å². The normalized spacial score (nSPS) is 15.1. The Morgan fingerprint density at radius 3 is 2.78 bits per heavy atom. The number of hydrogen-bond donors (Lipinski definition) is 0. The number of rotatable bonds is 2. The zero-order valence-corrected chi connectivity index (χ0v) is 11.3. The number of nitrogens with zero attached hydrogens (tertiary/aromatic N) is 1. The van der Waals surface area contributed by atoms with Crippen LogP contribution in [0.4, 0.5) is 10.1 Å². The summed E-state index contributed by atoms with van der Waals surface area (Å²) in [5.74, 6) is -1.62. The fourth-order valence-corrected chi connectivity index (χ4v) is 2.38. The minimum Gasteiger partial charge on any atom is -0.465 e. The summed E-state index contributed by atoms with van der Waals surface area (Å²) in [6.07, 6.45) is 1.10. The predicted octanol–water partition coefficient (Wildman–Crippen LogP) is 2.50. The number of carbonyl (C=O) groups excluding carboxylic acids is 2. The van der Waals surface area contributed by atoms with E-state index < -0.39 is 11.8 Å². The van der Waals surface area contributed by atoms with Crippen molar-refractivity contribution in [2.75, 3.05) is 18.6 Å². The highest BCUT2D eigenvalue weighted by molar-refractivity contribution is 9.10. The van der Waals surface area contributed by atoms with Gasteiger partial charge in [0.05, 0.1) is 18.4 Å². The Labute approximate surface area is 112 Å². The van der Waals surface area contributed by atoms with Gasteiger partial charge in [-0.15, -0.1) is 0 Å². The molecule has 0 saturated carbocycles. The van der Waals surface area contributed by atoms with Crippen LogP contribution in [0.15, 0.2) is 16.6 Å². The van der Waals surface area contributed by atoms with Gasteiger partial charge < -0.3 is 9.64 Å². The molecule has 0 atom stereocenters. The van der Waals surface area contributed by atoms with Crippen molar-refractivity contribution in [2.45, 2.75) is 12.8 Å². The van der Waals surface area contributed by atoms with E-state index in [2.05, 4.69) is 20.7 Å². The number of benzene rings is 1. The number of halogens is 2. The monoisotopic (exact) mass is 315 g/mol. The molecule has 0 aliphatic carbocycles. The molecule has 1 saturated heterocycles. The summed E-state index contributed by atoms with van der Waals surface area (Å²) < 4.78 is 19.2. The molecular weight excluding hydrogens is 305 g/mol. The lowest BCUT2D eigenvalue weighted by molar-refractivity contribution is -0.117. The number of anilines is 1. The van der Waals surface area contributed by atoms with Crippen LogP contribution < -0.4 is 4.90 Å². The molecule has 0 radical (unpaired) electrons. The molecule has 1 aromatic rings. The van der Waals surface area contributed by atoms with Crippen LogP contribution in [0.25, 0.3) is 0 Å². The van der Waals surface area contributed by atoms with Gasteiger partial charge in [0, 0.05) is 17.4 Å². The molecule has 96 valence electrons. The van der Waals surface area contributed by atoms with E-state index in [9.17, 15) is 14.0 Å². The van der Waals surface area contributed by atoms with Gasteiger partial charge in [-0.1, -0.05) is 15.9 Å². The molecule has 6 heteroatoms. The minimum atomic E-state index is -0.762. The quantitative estimate of drug-likeness (QED) is 0.788. The number of esters is 1. The zero-order chi connectivity index (χ0) is 13.3. The van der Waals surface area contributed by atoms with E-state index in [4.69, 9.17) is 0 Å². The van der Waals surface area contributed by atoms with Crippen LogP contribution >= 0.6 is 15.9 Å². The maximum atomic E-state index is 14.2. The highest BCUT2D eigenvalue weighted by Crippen LogP contribution is 2.30. The van der Waals surface area contributed by atoms with Crippen LogP contribution in [0.5, 0.6) is 0 Å². The van der Waals surface area contributed by atoms with Crippen LogP contribution in [-0.2, 0) is 9.53 Å². The second-order valence-corrected chi connectivity index (χ2v) is 4.84. The average molecular weight is 316 g/mol. The van der Waals surface area contributed by atoms with E-state index in [0.717, 1.165) is 0 Å². The second-order valence-electron chi connectivity index (χ2n) is 3.93.